The summed E-state index contributed by atoms with van der Waals surface area (Å²) in [5, 5.41) is 20.7. The highest BCUT2D eigenvalue weighted by Crippen LogP contribution is 2.21. The molecule has 1 saturated heterocycles. The number of carbonyl (C=O) groups is 2. The Hall–Kier alpha value is -1.97. The standard InChI is InChI=1S/C17H24N2O6S/c1-17(23,16(21)22)12-18-15(20)11-13-5-7-14(8-6-13)26(24,25)19-9-3-2-4-10-19/h5-8,23H,2-4,9-12H2,1H3,(H,18,20)(H,21,22). The fraction of sp³-hybridized carbons (Fsp3) is 0.529. The van der Waals surface area contributed by atoms with Crippen LogP contribution in [-0.2, 0) is 26.0 Å². The third-order valence-corrected chi connectivity index (χ3v) is 6.24. The molecule has 1 aromatic rings. The first kappa shape index (κ1) is 20.3. The zero-order chi connectivity index (χ0) is 19.4. The van der Waals surface area contributed by atoms with Crippen LogP contribution in [0, 0.1) is 0 Å². The molecule has 1 fully saturated rings. The predicted octanol–water partition coefficient (Wildman–Crippen LogP) is 0.355. The van der Waals surface area contributed by atoms with Crippen LogP contribution in [0.2, 0.25) is 0 Å². The minimum Gasteiger partial charge on any atom is -0.479 e. The monoisotopic (exact) mass is 384 g/mol. The highest BCUT2D eigenvalue weighted by atomic mass is 32.2. The summed E-state index contributed by atoms with van der Waals surface area (Å²) in [5.41, 5.74) is -1.45. The Labute approximate surface area is 152 Å². The number of carboxylic acids is 1. The second kappa shape index (κ2) is 8.15. The molecule has 9 heteroatoms. The summed E-state index contributed by atoms with van der Waals surface area (Å²) >= 11 is 0. The number of piperidine rings is 1. The van der Waals surface area contributed by atoms with E-state index in [1.54, 1.807) is 12.1 Å². The van der Waals surface area contributed by atoms with Crippen molar-refractivity contribution in [2.24, 2.45) is 0 Å². The van der Waals surface area contributed by atoms with Crippen molar-refractivity contribution in [1.82, 2.24) is 9.62 Å². The number of benzene rings is 1. The summed E-state index contributed by atoms with van der Waals surface area (Å²) in [5.74, 6) is -1.89. The average molecular weight is 384 g/mol. The van der Waals surface area contributed by atoms with Crippen LogP contribution in [-0.4, -0.2) is 60.0 Å². The molecule has 0 aliphatic carbocycles. The number of sulfonamides is 1. The van der Waals surface area contributed by atoms with Gasteiger partial charge in [0.2, 0.25) is 15.9 Å². The predicted molar refractivity (Wildman–Crippen MR) is 94.0 cm³/mol. The number of nitrogens with zero attached hydrogens (tertiary/aromatic N) is 1. The maximum absolute atomic E-state index is 12.6. The molecule has 0 radical (unpaired) electrons. The van der Waals surface area contributed by atoms with E-state index in [4.69, 9.17) is 5.11 Å². The first-order valence-corrected chi connectivity index (χ1v) is 9.88. The lowest BCUT2D eigenvalue weighted by Gasteiger charge is -2.25. The van der Waals surface area contributed by atoms with Gasteiger partial charge in [0.15, 0.2) is 5.60 Å². The van der Waals surface area contributed by atoms with E-state index in [0.717, 1.165) is 26.2 Å². The average Bonchev–Trinajstić information content (AvgIpc) is 2.61. The van der Waals surface area contributed by atoms with E-state index >= 15 is 0 Å². The van der Waals surface area contributed by atoms with Crippen molar-refractivity contribution < 1.29 is 28.2 Å². The minimum absolute atomic E-state index is 0.0419. The minimum atomic E-state index is -3.51. The van der Waals surface area contributed by atoms with Crippen LogP contribution < -0.4 is 5.32 Å². The van der Waals surface area contributed by atoms with E-state index < -0.39 is 34.0 Å². The lowest BCUT2D eigenvalue weighted by Crippen LogP contribution is -2.46. The molecule has 26 heavy (non-hydrogen) atoms. The molecule has 1 heterocycles. The Kier molecular flexibility index (Phi) is 6.38. The summed E-state index contributed by atoms with van der Waals surface area (Å²) < 4.78 is 26.6. The zero-order valence-corrected chi connectivity index (χ0v) is 15.5. The normalized spacial score (nSPS) is 18.1. The maximum atomic E-state index is 12.6. The van der Waals surface area contributed by atoms with Crippen LogP contribution in [0.25, 0.3) is 0 Å². The van der Waals surface area contributed by atoms with Crippen molar-refractivity contribution in [3.63, 3.8) is 0 Å². The number of carbonyl (C=O) groups excluding carboxylic acids is 1. The van der Waals surface area contributed by atoms with Gasteiger partial charge in [-0.1, -0.05) is 18.6 Å². The smallest absolute Gasteiger partial charge is 0.337 e. The Morgan fingerprint density at radius 1 is 1.15 bits per heavy atom. The molecule has 3 N–H and O–H groups in total. The summed E-state index contributed by atoms with van der Waals surface area (Å²) in [7, 11) is -3.51. The summed E-state index contributed by atoms with van der Waals surface area (Å²) in [6.45, 7) is 1.73. The van der Waals surface area contributed by atoms with Gasteiger partial charge in [-0.25, -0.2) is 13.2 Å². The highest BCUT2D eigenvalue weighted by Gasteiger charge is 2.30. The van der Waals surface area contributed by atoms with E-state index in [1.807, 2.05) is 0 Å². The summed E-state index contributed by atoms with van der Waals surface area (Å²) in [4.78, 5) is 22.9. The molecule has 0 aromatic heterocycles. The van der Waals surface area contributed by atoms with Crippen LogP contribution in [0.15, 0.2) is 29.2 Å². The van der Waals surface area contributed by atoms with Crippen LogP contribution in [0.5, 0.6) is 0 Å². The Balaban J connectivity index is 1.96. The van der Waals surface area contributed by atoms with E-state index in [1.165, 1.54) is 16.4 Å². The van der Waals surface area contributed by atoms with Crippen LogP contribution in [0.4, 0.5) is 0 Å². The third-order valence-electron chi connectivity index (χ3n) is 4.33. The lowest BCUT2D eigenvalue weighted by molar-refractivity contribution is -0.156. The maximum Gasteiger partial charge on any atom is 0.337 e. The topological polar surface area (TPSA) is 124 Å². The molecule has 0 spiro atoms. The van der Waals surface area contributed by atoms with Gasteiger partial charge in [0.25, 0.3) is 0 Å². The highest BCUT2D eigenvalue weighted by molar-refractivity contribution is 7.89. The van der Waals surface area contributed by atoms with E-state index in [0.29, 0.717) is 18.7 Å². The number of nitrogens with one attached hydrogen (secondary N) is 1. The number of hydrogen-bond donors (Lipinski definition) is 3. The quantitative estimate of drug-likeness (QED) is 0.623. The molecule has 1 aliphatic rings. The van der Waals surface area contributed by atoms with Crippen molar-refractivity contribution in [1.29, 1.82) is 0 Å². The number of rotatable bonds is 7. The number of amides is 1. The molecular formula is C17H24N2O6S. The Morgan fingerprint density at radius 2 is 1.73 bits per heavy atom. The molecule has 2 rings (SSSR count). The van der Waals surface area contributed by atoms with E-state index in [2.05, 4.69) is 5.32 Å². The van der Waals surface area contributed by atoms with Gasteiger partial charge in [0.05, 0.1) is 17.9 Å². The van der Waals surface area contributed by atoms with Crippen molar-refractivity contribution in [3.8, 4) is 0 Å². The van der Waals surface area contributed by atoms with E-state index in [-0.39, 0.29) is 11.3 Å². The Bertz CT molecular complexity index is 752. The molecule has 1 unspecified atom stereocenters. The van der Waals surface area contributed by atoms with Gasteiger partial charge in [-0.3, -0.25) is 4.79 Å². The summed E-state index contributed by atoms with van der Waals surface area (Å²) in [6, 6.07) is 6.07. The largest absolute Gasteiger partial charge is 0.479 e. The molecule has 0 saturated carbocycles. The van der Waals surface area contributed by atoms with Gasteiger partial charge in [0.1, 0.15) is 0 Å². The van der Waals surface area contributed by atoms with E-state index in [9.17, 15) is 23.1 Å². The number of aliphatic hydroxyl groups is 1. The Morgan fingerprint density at radius 3 is 2.27 bits per heavy atom. The third kappa shape index (κ3) is 5.03. The fourth-order valence-electron chi connectivity index (χ4n) is 2.63. The van der Waals surface area contributed by atoms with Gasteiger partial charge in [-0.05, 0) is 37.5 Å². The van der Waals surface area contributed by atoms with Crippen LogP contribution >= 0.6 is 0 Å². The van der Waals surface area contributed by atoms with Gasteiger partial charge in [-0.2, -0.15) is 4.31 Å². The van der Waals surface area contributed by atoms with Crippen LogP contribution in [0.3, 0.4) is 0 Å². The first-order valence-electron chi connectivity index (χ1n) is 8.44. The van der Waals surface area contributed by atoms with Gasteiger partial charge in [-0.15, -0.1) is 0 Å². The van der Waals surface area contributed by atoms with Gasteiger partial charge < -0.3 is 15.5 Å². The van der Waals surface area contributed by atoms with Crippen LogP contribution in [0.1, 0.15) is 31.7 Å². The first-order chi connectivity index (χ1) is 12.1. The molecular weight excluding hydrogens is 360 g/mol. The zero-order valence-electron chi connectivity index (χ0n) is 14.6. The lowest BCUT2D eigenvalue weighted by atomic mass is 10.1. The molecule has 0 bridgehead atoms. The summed E-state index contributed by atoms with van der Waals surface area (Å²) in [6.07, 6.45) is 2.71. The molecule has 1 atom stereocenters. The molecule has 8 nitrogen and oxygen atoms in total. The number of carboxylic acid groups (broad SMARTS) is 1. The second-order valence-electron chi connectivity index (χ2n) is 6.64. The van der Waals surface area contributed by atoms with Gasteiger partial charge >= 0.3 is 5.97 Å². The molecule has 1 amide bonds. The van der Waals surface area contributed by atoms with Crippen molar-refractivity contribution in [2.45, 2.75) is 43.1 Å². The molecule has 1 aromatic carbocycles. The van der Waals surface area contributed by atoms with Crippen molar-refractivity contribution in [3.05, 3.63) is 29.8 Å². The molecule has 144 valence electrons. The SMILES string of the molecule is CC(O)(CNC(=O)Cc1ccc(S(=O)(=O)N2CCCCC2)cc1)C(=O)O. The fourth-order valence-corrected chi connectivity index (χ4v) is 4.14. The van der Waals surface area contributed by atoms with Crippen molar-refractivity contribution >= 4 is 21.9 Å². The van der Waals surface area contributed by atoms with Crippen molar-refractivity contribution in [2.75, 3.05) is 19.6 Å². The number of hydrogen-bond acceptors (Lipinski definition) is 5. The number of aliphatic carboxylic acids is 1. The van der Waals surface area contributed by atoms with Gasteiger partial charge in [0, 0.05) is 13.1 Å². The second-order valence-corrected chi connectivity index (χ2v) is 8.58. The molecule has 1 aliphatic heterocycles.